The summed E-state index contributed by atoms with van der Waals surface area (Å²) >= 11 is 0. The molecule has 6 nitrogen and oxygen atoms in total. The molecule has 2 aliphatic heterocycles. The number of amides is 1. The van der Waals surface area contributed by atoms with E-state index in [2.05, 4.69) is 4.90 Å². The first-order valence-electron chi connectivity index (χ1n) is 9.94. The Morgan fingerprint density at radius 1 is 1.15 bits per heavy atom. The number of likely N-dealkylation sites (tertiary alicyclic amines) is 2. The lowest BCUT2D eigenvalue weighted by Gasteiger charge is -2.33. The largest absolute Gasteiger partial charge is 0.496 e. The molecule has 0 saturated carbocycles. The van der Waals surface area contributed by atoms with E-state index < -0.39 is 0 Å². The van der Waals surface area contributed by atoms with Gasteiger partial charge in [0, 0.05) is 38.8 Å². The van der Waals surface area contributed by atoms with Crippen LogP contribution in [0.25, 0.3) is 0 Å². The highest BCUT2D eigenvalue weighted by molar-refractivity contribution is 5.97. The van der Waals surface area contributed by atoms with E-state index in [1.807, 2.05) is 30.0 Å². The van der Waals surface area contributed by atoms with Crippen molar-refractivity contribution in [1.82, 2.24) is 9.80 Å². The van der Waals surface area contributed by atoms with Crippen LogP contribution in [-0.4, -0.2) is 79.0 Å². The van der Waals surface area contributed by atoms with Gasteiger partial charge in [-0.25, -0.2) is 0 Å². The highest BCUT2D eigenvalue weighted by Gasteiger charge is 2.37. The van der Waals surface area contributed by atoms with E-state index in [1.165, 1.54) is 0 Å². The second-order valence-electron chi connectivity index (χ2n) is 8.00. The zero-order valence-electron chi connectivity index (χ0n) is 16.4. The van der Waals surface area contributed by atoms with Gasteiger partial charge in [0.2, 0.25) is 0 Å². The number of hydrogen-bond acceptors (Lipinski definition) is 5. The molecular formula is C21H32N2O4. The first kappa shape index (κ1) is 20.1. The summed E-state index contributed by atoms with van der Waals surface area (Å²) in [6.07, 6.45) is 2.05. The van der Waals surface area contributed by atoms with Gasteiger partial charge in [0.15, 0.2) is 0 Å². The predicted octanol–water partition coefficient (Wildman–Crippen LogP) is 1.39. The maximum absolute atomic E-state index is 13.1. The Morgan fingerprint density at radius 3 is 2.48 bits per heavy atom. The number of aliphatic hydroxyl groups is 2. The lowest BCUT2D eigenvalue weighted by molar-refractivity contribution is 0.0772. The highest BCUT2D eigenvalue weighted by atomic mass is 16.5. The number of carbonyl (C=O) groups excluding carboxylic acids is 1. The summed E-state index contributed by atoms with van der Waals surface area (Å²) < 4.78 is 5.45. The van der Waals surface area contributed by atoms with Crippen LogP contribution in [0.2, 0.25) is 0 Å². The first-order valence-corrected chi connectivity index (χ1v) is 9.94. The van der Waals surface area contributed by atoms with Gasteiger partial charge in [-0.3, -0.25) is 4.79 Å². The number of nitrogens with zero attached hydrogens (tertiary/aromatic N) is 2. The van der Waals surface area contributed by atoms with E-state index in [0.29, 0.717) is 30.3 Å². The second kappa shape index (κ2) is 9.04. The molecule has 0 radical (unpaired) electrons. The Morgan fingerprint density at radius 2 is 1.85 bits per heavy atom. The number of methoxy groups -OCH3 is 1. The molecule has 2 fully saturated rings. The van der Waals surface area contributed by atoms with Crippen molar-refractivity contribution >= 4 is 5.91 Å². The van der Waals surface area contributed by atoms with Crippen molar-refractivity contribution in [3.05, 3.63) is 29.3 Å². The Bertz CT molecular complexity index is 643. The average molecular weight is 376 g/mol. The molecule has 27 heavy (non-hydrogen) atoms. The van der Waals surface area contributed by atoms with Crippen molar-refractivity contribution in [3.8, 4) is 5.75 Å². The Hall–Kier alpha value is -1.63. The van der Waals surface area contributed by atoms with E-state index >= 15 is 0 Å². The zero-order valence-corrected chi connectivity index (χ0v) is 16.4. The molecule has 1 amide bonds. The molecule has 2 heterocycles. The number of para-hydroxylation sites is 1. The second-order valence-corrected chi connectivity index (χ2v) is 8.00. The summed E-state index contributed by atoms with van der Waals surface area (Å²) in [5.74, 6) is 1.43. The summed E-state index contributed by atoms with van der Waals surface area (Å²) in [4.78, 5) is 17.4. The van der Waals surface area contributed by atoms with E-state index in [1.54, 1.807) is 7.11 Å². The molecular weight excluding hydrogens is 344 g/mol. The SMILES string of the molecule is COc1c(C)cccc1C(=O)N1C[C@@H](CN2CCC(CO)CC2)[C@@H](CO)C1. The summed E-state index contributed by atoms with van der Waals surface area (Å²) in [5, 5.41) is 19.1. The molecule has 1 aromatic carbocycles. The minimum atomic E-state index is -0.0181. The van der Waals surface area contributed by atoms with Crippen LogP contribution < -0.4 is 4.74 Å². The van der Waals surface area contributed by atoms with E-state index in [0.717, 1.165) is 38.0 Å². The maximum Gasteiger partial charge on any atom is 0.257 e. The molecule has 0 bridgehead atoms. The first-order chi connectivity index (χ1) is 13.1. The normalized spacial score (nSPS) is 24.4. The number of piperidine rings is 1. The van der Waals surface area contributed by atoms with Crippen LogP contribution in [0.3, 0.4) is 0 Å². The molecule has 0 spiro atoms. The Balaban J connectivity index is 1.65. The fourth-order valence-corrected chi connectivity index (χ4v) is 4.46. The lowest BCUT2D eigenvalue weighted by atomic mass is 9.93. The molecule has 3 rings (SSSR count). The minimum absolute atomic E-state index is 0.0181. The van der Waals surface area contributed by atoms with Crippen molar-refractivity contribution in [2.75, 3.05) is 53.0 Å². The average Bonchev–Trinajstić information content (AvgIpc) is 3.10. The van der Waals surface area contributed by atoms with E-state index in [4.69, 9.17) is 4.74 Å². The molecule has 2 atom stereocenters. The van der Waals surface area contributed by atoms with Crippen molar-refractivity contribution in [2.45, 2.75) is 19.8 Å². The smallest absolute Gasteiger partial charge is 0.257 e. The third-order valence-corrected chi connectivity index (χ3v) is 6.20. The van der Waals surface area contributed by atoms with Crippen LogP contribution in [0.1, 0.15) is 28.8 Å². The van der Waals surface area contributed by atoms with Gasteiger partial charge in [-0.15, -0.1) is 0 Å². The van der Waals surface area contributed by atoms with Crippen molar-refractivity contribution < 1.29 is 19.7 Å². The van der Waals surface area contributed by atoms with Gasteiger partial charge in [0.05, 0.1) is 12.7 Å². The number of ether oxygens (including phenoxy) is 1. The number of benzene rings is 1. The fourth-order valence-electron chi connectivity index (χ4n) is 4.46. The monoisotopic (exact) mass is 376 g/mol. The van der Waals surface area contributed by atoms with Crippen LogP contribution in [0, 0.1) is 24.7 Å². The topological polar surface area (TPSA) is 73.2 Å². The summed E-state index contributed by atoms with van der Waals surface area (Å²) in [6.45, 7) is 6.45. The molecule has 1 aromatic rings. The molecule has 150 valence electrons. The van der Waals surface area contributed by atoms with Gasteiger partial charge in [0.25, 0.3) is 5.91 Å². The third kappa shape index (κ3) is 4.45. The quantitative estimate of drug-likeness (QED) is 0.785. The molecule has 2 aliphatic rings. The molecule has 0 unspecified atom stereocenters. The van der Waals surface area contributed by atoms with Crippen LogP contribution in [-0.2, 0) is 0 Å². The van der Waals surface area contributed by atoms with Gasteiger partial charge >= 0.3 is 0 Å². The standard InChI is InChI=1S/C21H32N2O4/c1-15-4-3-5-19(20(15)27-2)21(26)23-11-17(18(12-23)14-25)10-22-8-6-16(13-24)7-9-22/h3-5,16-18,24-25H,6-14H2,1-2H3/t17-,18-/m1/s1. The number of carbonyl (C=O) groups is 1. The van der Waals surface area contributed by atoms with Crippen LogP contribution in [0.15, 0.2) is 18.2 Å². The van der Waals surface area contributed by atoms with Gasteiger partial charge in [-0.2, -0.15) is 0 Å². The molecule has 2 N–H and O–H groups in total. The lowest BCUT2D eigenvalue weighted by Crippen LogP contribution is -2.40. The Labute approximate surface area is 161 Å². The fraction of sp³-hybridized carbons (Fsp3) is 0.667. The van der Waals surface area contributed by atoms with Gasteiger partial charge in [-0.1, -0.05) is 12.1 Å². The predicted molar refractivity (Wildman–Crippen MR) is 104 cm³/mol. The number of aliphatic hydroxyl groups excluding tert-OH is 2. The Kier molecular flexibility index (Phi) is 6.73. The van der Waals surface area contributed by atoms with Gasteiger partial charge < -0.3 is 24.7 Å². The van der Waals surface area contributed by atoms with Crippen LogP contribution in [0.5, 0.6) is 5.75 Å². The zero-order chi connectivity index (χ0) is 19.4. The summed E-state index contributed by atoms with van der Waals surface area (Å²) in [5.41, 5.74) is 1.54. The molecule has 2 saturated heterocycles. The molecule has 0 aliphatic carbocycles. The van der Waals surface area contributed by atoms with E-state index in [9.17, 15) is 15.0 Å². The van der Waals surface area contributed by atoms with Crippen LogP contribution in [0.4, 0.5) is 0 Å². The summed E-state index contributed by atoms with van der Waals surface area (Å²) in [6, 6.07) is 5.64. The summed E-state index contributed by atoms with van der Waals surface area (Å²) in [7, 11) is 1.60. The number of rotatable bonds is 6. The third-order valence-electron chi connectivity index (χ3n) is 6.20. The highest BCUT2D eigenvalue weighted by Crippen LogP contribution is 2.30. The van der Waals surface area contributed by atoms with Gasteiger partial charge in [0.1, 0.15) is 5.75 Å². The molecule has 6 heteroatoms. The van der Waals surface area contributed by atoms with Crippen molar-refractivity contribution in [1.29, 1.82) is 0 Å². The minimum Gasteiger partial charge on any atom is -0.496 e. The maximum atomic E-state index is 13.1. The van der Waals surface area contributed by atoms with Crippen molar-refractivity contribution in [3.63, 3.8) is 0 Å². The van der Waals surface area contributed by atoms with Gasteiger partial charge in [-0.05, 0) is 56.3 Å². The van der Waals surface area contributed by atoms with Crippen LogP contribution >= 0.6 is 0 Å². The number of hydrogen-bond donors (Lipinski definition) is 2. The van der Waals surface area contributed by atoms with Crippen molar-refractivity contribution in [2.24, 2.45) is 17.8 Å². The number of aryl methyl sites for hydroxylation is 1. The van der Waals surface area contributed by atoms with E-state index in [-0.39, 0.29) is 31.0 Å². The molecule has 0 aromatic heterocycles.